The fourth-order valence-electron chi connectivity index (χ4n) is 1.77. The van der Waals surface area contributed by atoms with Crippen molar-refractivity contribution in [3.8, 4) is 0 Å². The average molecular weight is 281 g/mol. The van der Waals surface area contributed by atoms with Crippen LogP contribution in [0.25, 0.3) is 0 Å². The summed E-state index contributed by atoms with van der Waals surface area (Å²) in [4.78, 5) is 0. The SMILES string of the molecule is S=C([S-])NC(c1ccccc1)c1ccccc1.[Na+]. The van der Waals surface area contributed by atoms with E-state index in [0.29, 0.717) is 4.32 Å². The number of thiocarbonyl (C=S) groups is 1. The number of rotatable bonds is 3. The van der Waals surface area contributed by atoms with Crippen molar-refractivity contribution < 1.29 is 29.6 Å². The minimum Gasteiger partial charge on any atom is -0.412 e. The van der Waals surface area contributed by atoms with Gasteiger partial charge in [-0.05, 0) is 11.1 Å². The van der Waals surface area contributed by atoms with Crippen LogP contribution < -0.4 is 34.9 Å². The predicted octanol–water partition coefficient (Wildman–Crippen LogP) is 0.201. The molecule has 0 bridgehead atoms. The van der Waals surface area contributed by atoms with E-state index >= 15 is 0 Å². The molecule has 0 radical (unpaired) electrons. The molecule has 0 saturated heterocycles. The van der Waals surface area contributed by atoms with Crippen molar-refractivity contribution in [1.82, 2.24) is 5.32 Å². The van der Waals surface area contributed by atoms with Crippen molar-refractivity contribution in [3.63, 3.8) is 0 Å². The Labute approximate surface area is 141 Å². The number of nitrogens with one attached hydrogen (secondary N) is 1. The summed E-state index contributed by atoms with van der Waals surface area (Å²) in [6, 6.07) is 20.3. The third kappa shape index (κ3) is 4.34. The van der Waals surface area contributed by atoms with E-state index in [-0.39, 0.29) is 35.6 Å². The molecule has 1 N–H and O–H groups in total. The Morgan fingerprint density at radius 2 is 1.28 bits per heavy atom. The molecule has 86 valence electrons. The quantitative estimate of drug-likeness (QED) is 0.490. The van der Waals surface area contributed by atoms with Gasteiger partial charge in [0, 0.05) is 0 Å². The molecule has 0 aliphatic carbocycles. The van der Waals surface area contributed by atoms with E-state index in [0.717, 1.165) is 11.1 Å². The first-order valence-corrected chi connectivity index (χ1v) is 6.16. The van der Waals surface area contributed by atoms with Gasteiger partial charge in [0.2, 0.25) is 0 Å². The maximum absolute atomic E-state index is 4.98. The van der Waals surface area contributed by atoms with Crippen molar-refractivity contribution in [2.75, 3.05) is 0 Å². The summed E-state index contributed by atoms with van der Waals surface area (Å²) in [5.41, 5.74) is 2.32. The summed E-state index contributed by atoms with van der Waals surface area (Å²) >= 11 is 9.95. The Bertz CT molecular complexity index is 448. The number of hydrogen-bond acceptors (Lipinski definition) is 2. The zero-order valence-corrected chi connectivity index (χ0v) is 13.8. The second-order valence-corrected chi connectivity index (χ2v) is 4.76. The van der Waals surface area contributed by atoms with Gasteiger partial charge in [-0.2, -0.15) is 0 Å². The molecule has 0 aliphatic rings. The van der Waals surface area contributed by atoms with E-state index in [9.17, 15) is 0 Å². The van der Waals surface area contributed by atoms with Crippen LogP contribution in [-0.2, 0) is 12.6 Å². The van der Waals surface area contributed by atoms with E-state index in [1.807, 2.05) is 36.4 Å². The zero-order valence-electron chi connectivity index (χ0n) is 10.2. The Kier molecular flexibility index (Phi) is 6.82. The summed E-state index contributed by atoms with van der Waals surface area (Å²) in [5.74, 6) is 0. The third-order valence-corrected chi connectivity index (χ3v) is 2.76. The van der Waals surface area contributed by atoms with E-state index in [4.69, 9.17) is 24.8 Å². The predicted molar refractivity (Wildman–Crippen MR) is 77.8 cm³/mol. The minimum absolute atomic E-state index is 0. The molecule has 0 unspecified atom stereocenters. The summed E-state index contributed by atoms with van der Waals surface area (Å²) in [7, 11) is 0. The fraction of sp³-hybridized carbons (Fsp3) is 0.0714. The first-order chi connectivity index (χ1) is 8.27. The first kappa shape index (κ1) is 15.6. The van der Waals surface area contributed by atoms with Crippen LogP contribution in [0.15, 0.2) is 60.7 Å². The minimum atomic E-state index is 0. The van der Waals surface area contributed by atoms with Crippen LogP contribution in [0.3, 0.4) is 0 Å². The number of benzene rings is 2. The molecule has 2 rings (SSSR count). The molecule has 0 heterocycles. The van der Waals surface area contributed by atoms with Gasteiger partial charge in [0.25, 0.3) is 0 Å². The van der Waals surface area contributed by atoms with Gasteiger partial charge in [-0.15, -0.1) is 0 Å². The van der Waals surface area contributed by atoms with Crippen LogP contribution in [-0.4, -0.2) is 4.32 Å². The molecule has 2 aromatic rings. The van der Waals surface area contributed by atoms with Crippen molar-refractivity contribution in [1.29, 1.82) is 0 Å². The van der Waals surface area contributed by atoms with E-state index in [2.05, 4.69) is 29.6 Å². The van der Waals surface area contributed by atoms with Crippen LogP contribution in [0.5, 0.6) is 0 Å². The molecular weight excluding hydrogens is 269 g/mol. The molecule has 0 aliphatic heterocycles. The van der Waals surface area contributed by atoms with Gasteiger partial charge in [0.05, 0.1) is 6.04 Å². The van der Waals surface area contributed by atoms with Gasteiger partial charge in [-0.3, -0.25) is 0 Å². The molecule has 18 heavy (non-hydrogen) atoms. The van der Waals surface area contributed by atoms with Crippen molar-refractivity contribution in [2.24, 2.45) is 0 Å². The summed E-state index contributed by atoms with van der Waals surface area (Å²) in [5, 5.41) is 3.16. The van der Waals surface area contributed by atoms with Gasteiger partial charge >= 0.3 is 29.6 Å². The molecular formula is C14H12NNaS2. The van der Waals surface area contributed by atoms with Crippen molar-refractivity contribution in [3.05, 3.63) is 71.8 Å². The van der Waals surface area contributed by atoms with Crippen molar-refractivity contribution in [2.45, 2.75) is 6.04 Å². The van der Waals surface area contributed by atoms with E-state index in [1.165, 1.54) is 0 Å². The second-order valence-electron chi connectivity index (χ2n) is 3.69. The van der Waals surface area contributed by atoms with E-state index < -0.39 is 0 Å². The maximum atomic E-state index is 4.98. The molecule has 0 atom stereocenters. The molecule has 4 heteroatoms. The Balaban J connectivity index is 0.00000162. The zero-order chi connectivity index (χ0) is 12.1. The van der Waals surface area contributed by atoms with Crippen LogP contribution in [0.4, 0.5) is 0 Å². The van der Waals surface area contributed by atoms with Crippen LogP contribution in [0, 0.1) is 0 Å². The normalized spacial score (nSPS) is 9.61. The maximum Gasteiger partial charge on any atom is 1.00 e. The molecule has 0 amide bonds. The average Bonchev–Trinajstić information content (AvgIpc) is 2.38. The Hall–Kier alpha value is -0.450. The molecule has 1 nitrogen and oxygen atoms in total. The fourth-order valence-corrected chi connectivity index (χ4v) is 2.00. The molecule has 0 aromatic heterocycles. The monoisotopic (exact) mass is 281 g/mol. The molecule has 0 fully saturated rings. The first-order valence-electron chi connectivity index (χ1n) is 5.35. The van der Waals surface area contributed by atoms with Gasteiger partial charge < -0.3 is 30.2 Å². The molecule has 0 saturated carbocycles. The van der Waals surface area contributed by atoms with Crippen LogP contribution in [0.1, 0.15) is 17.2 Å². The summed E-state index contributed by atoms with van der Waals surface area (Å²) in [6.45, 7) is 0. The second kappa shape index (κ2) is 7.87. The van der Waals surface area contributed by atoms with E-state index in [1.54, 1.807) is 0 Å². The molecule has 0 spiro atoms. The standard InChI is InChI=1S/C14H13NS2.Na/c16-14(17)15-13(11-7-3-1-4-8-11)12-9-5-2-6-10-12;/h1-10,13H,(H2,15,16,17);/q;+1/p-1. The summed E-state index contributed by atoms with van der Waals surface area (Å²) < 4.78 is 0.391. The summed E-state index contributed by atoms with van der Waals surface area (Å²) in [6.07, 6.45) is 0. The third-order valence-electron chi connectivity index (χ3n) is 2.53. The van der Waals surface area contributed by atoms with Gasteiger partial charge in [0.15, 0.2) is 0 Å². The van der Waals surface area contributed by atoms with Crippen molar-refractivity contribution >= 4 is 29.2 Å². The van der Waals surface area contributed by atoms with Crippen LogP contribution in [0.2, 0.25) is 0 Å². The molecule has 2 aromatic carbocycles. The van der Waals surface area contributed by atoms with Gasteiger partial charge in [-0.25, -0.2) is 0 Å². The van der Waals surface area contributed by atoms with Crippen LogP contribution >= 0.6 is 12.2 Å². The number of hydrogen-bond donors (Lipinski definition) is 1. The van der Waals surface area contributed by atoms with Gasteiger partial charge in [-0.1, -0.05) is 65.0 Å². The largest absolute Gasteiger partial charge is 1.00 e. The Morgan fingerprint density at radius 1 is 0.889 bits per heavy atom. The Morgan fingerprint density at radius 3 is 1.61 bits per heavy atom. The topological polar surface area (TPSA) is 12.0 Å². The smallest absolute Gasteiger partial charge is 0.412 e. The van der Waals surface area contributed by atoms with Gasteiger partial charge in [0.1, 0.15) is 0 Å².